The second-order valence-electron chi connectivity index (χ2n) is 4.64. The molecular weight excluding hydrogens is 238 g/mol. The van der Waals surface area contributed by atoms with Crippen LogP contribution in [0.3, 0.4) is 0 Å². The fourth-order valence-corrected chi connectivity index (χ4v) is 1.66. The van der Waals surface area contributed by atoms with Crippen LogP contribution in [0.1, 0.15) is 32.6 Å². The maximum absolute atomic E-state index is 11.5. The third-order valence-corrected chi connectivity index (χ3v) is 2.97. The van der Waals surface area contributed by atoms with Crippen molar-refractivity contribution in [3.05, 3.63) is 0 Å². The monoisotopic (exact) mass is 257 g/mol. The quantitative estimate of drug-likeness (QED) is 0.504. The first kappa shape index (κ1) is 14.3. The largest absolute Gasteiger partial charge is 0.480 e. The highest BCUT2D eigenvalue weighted by molar-refractivity contribution is 5.83. The molecule has 7 heteroatoms. The standard InChI is InChI=1S/C11H19N3O4/c1-6(7-2-3-7)13-11(18)14-8(10(16)17)4-5-9(12)15/h6-8H,2-5H2,1H3,(H2,12,15)(H,16,17)(H2,13,14,18). The van der Waals surface area contributed by atoms with Crippen molar-refractivity contribution in [1.29, 1.82) is 0 Å². The van der Waals surface area contributed by atoms with Gasteiger partial charge in [-0.1, -0.05) is 0 Å². The minimum atomic E-state index is -1.18. The van der Waals surface area contributed by atoms with Gasteiger partial charge in [0.25, 0.3) is 0 Å². The van der Waals surface area contributed by atoms with E-state index in [1.807, 2.05) is 6.92 Å². The van der Waals surface area contributed by atoms with Gasteiger partial charge in [0.15, 0.2) is 0 Å². The molecule has 0 saturated heterocycles. The van der Waals surface area contributed by atoms with E-state index in [0.717, 1.165) is 12.8 Å². The number of amides is 3. The number of carboxylic acid groups (broad SMARTS) is 1. The zero-order valence-electron chi connectivity index (χ0n) is 10.3. The van der Waals surface area contributed by atoms with Gasteiger partial charge in [0.2, 0.25) is 5.91 Å². The molecule has 0 spiro atoms. The van der Waals surface area contributed by atoms with E-state index in [4.69, 9.17) is 10.8 Å². The van der Waals surface area contributed by atoms with Gasteiger partial charge in [0.1, 0.15) is 6.04 Å². The molecule has 2 atom stereocenters. The molecule has 0 heterocycles. The number of hydrogen-bond donors (Lipinski definition) is 4. The Morgan fingerprint density at radius 2 is 1.94 bits per heavy atom. The highest BCUT2D eigenvalue weighted by Crippen LogP contribution is 2.32. The van der Waals surface area contributed by atoms with Gasteiger partial charge in [-0.05, 0) is 32.1 Å². The van der Waals surface area contributed by atoms with Crippen LogP contribution < -0.4 is 16.4 Å². The molecular formula is C11H19N3O4. The zero-order valence-corrected chi connectivity index (χ0v) is 10.3. The van der Waals surface area contributed by atoms with Crippen LogP contribution in [-0.4, -0.2) is 35.1 Å². The Hall–Kier alpha value is -1.79. The summed E-state index contributed by atoms with van der Waals surface area (Å²) in [6, 6.07) is -1.58. The average Bonchev–Trinajstić information content (AvgIpc) is 3.06. The van der Waals surface area contributed by atoms with Gasteiger partial charge < -0.3 is 21.5 Å². The number of nitrogens with two attached hydrogens (primary N) is 1. The average molecular weight is 257 g/mol. The summed E-state index contributed by atoms with van der Waals surface area (Å²) in [4.78, 5) is 33.0. The fourth-order valence-electron chi connectivity index (χ4n) is 1.66. The summed E-state index contributed by atoms with van der Waals surface area (Å²) in [5.41, 5.74) is 4.94. The Kier molecular flexibility index (Phi) is 4.94. The van der Waals surface area contributed by atoms with Crippen LogP contribution in [0, 0.1) is 5.92 Å². The van der Waals surface area contributed by atoms with E-state index in [2.05, 4.69) is 10.6 Å². The summed E-state index contributed by atoms with van der Waals surface area (Å²) in [7, 11) is 0. The third-order valence-electron chi connectivity index (χ3n) is 2.97. The molecule has 0 aromatic carbocycles. The number of nitrogens with one attached hydrogen (secondary N) is 2. The van der Waals surface area contributed by atoms with E-state index in [1.165, 1.54) is 0 Å². The van der Waals surface area contributed by atoms with Gasteiger partial charge >= 0.3 is 12.0 Å². The van der Waals surface area contributed by atoms with Crippen molar-refractivity contribution in [2.24, 2.45) is 11.7 Å². The highest BCUT2D eigenvalue weighted by Gasteiger charge is 2.29. The summed E-state index contributed by atoms with van der Waals surface area (Å²) in [6.45, 7) is 1.89. The van der Waals surface area contributed by atoms with E-state index >= 15 is 0 Å². The van der Waals surface area contributed by atoms with Crippen molar-refractivity contribution in [1.82, 2.24) is 10.6 Å². The number of carbonyl (C=O) groups is 3. The van der Waals surface area contributed by atoms with E-state index < -0.39 is 23.9 Å². The Morgan fingerprint density at radius 3 is 2.39 bits per heavy atom. The number of aliphatic carboxylic acids is 1. The molecule has 18 heavy (non-hydrogen) atoms. The predicted octanol–water partition coefficient (Wildman–Crippen LogP) is -0.197. The molecule has 102 valence electrons. The molecule has 1 rings (SSSR count). The van der Waals surface area contributed by atoms with Gasteiger partial charge in [-0.2, -0.15) is 0 Å². The van der Waals surface area contributed by atoms with E-state index in [1.54, 1.807) is 0 Å². The summed E-state index contributed by atoms with van der Waals surface area (Å²) in [5.74, 6) is -1.27. The molecule has 0 aliphatic heterocycles. The lowest BCUT2D eigenvalue weighted by molar-refractivity contribution is -0.139. The number of primary amides is 1. The molecule has 7 nitrogen and oxygen atoms in total. The molecule has 5 N–H and O–H groups in total. The molecule has 1 aliphatic rings. The number of hydrogen-bond acceptors (Lipinski definition) is 3. The van der Waals surface area contributed by atoms with Crippen molar-refractivity contribution in [2.45, 2.75) is 44.7 Å². The molecule has 0 bridgehead atoms. The first-order valence-corrected chi connectivity index (χ1v) is 5.98. The van der Waals surface area contributed by atoms with Crippen molar-refractivity contribution in [2.75, 3.05) is 0 Å². The third kappa shape index (κ3) is 5.03. The zero-order chi connectivity index (χ0) is 13.7. The Labute approximate surface area is 105 Å². The molecule has 3 amide bonds. The van der Waals surface area contributed by atoms with Gasteiger partial charge in [-0.15, -0.1) is 0 Å². The predicted molar refractivity (Wildman–Crippen MR) is 63.7 cm³/mol. The first-order chi connectivity index (χ1) is 8.40. The first-order valence-electron chi connectivity index (χ1n) is 5.98. The lowest BCUT2D eigenvalue weighted by Crippen LogP contribution is -2.49. The van der Waals surface area contributed by atoms with Gasteiger partial charge in [-0.25, -0.2) is 9.59 Å². The van der Waals surface area contributed by atoms with Crippen molar-refractivity contribution in [3.63, 3.8) is 0 Å². The second-order valence-corrected chi connectivity index (χ2v) is 4.64. The van der Waals surface area contributed by atoms with Gasteiger partial charge in [-0.3, -0.25) is 4.79 Å². The number of carbonyl (C=O) groups excluding carboxylic acids is 2. The maximum atomic E-state index is 11.5. The number of rotatable bonds is 7. The lowest BCUT2D eigenvalue weighted by atomic mass is 10.1. The number of carboxylic acids is 1. The molecule has 1 aliphatic carbocycles. The van der Waals surface area contributed by atoms with Gasteiger partial charge in [0, 0.05) is 12.5 Å². The van der Waals surface area contributed by atoms with Crippen LogP contribution in [0.5, 0.6) is 0 Å². The molecule has 1 fully saturated rings. The summed E-state index contributed by atoms with van der Waals surface area (Å²) in [5, 5.41) is 13.9. The van der Waals surface area contributed by atoms with E-state index in [9.17, 15) is 14.4 Å². The molecule has 0 aromatic rings. The van der Waals surface area contributed by atoms with E-state index in [-0.39, 0.29) is 18.9 Å². The van der Waals surface area contributed by atoms with Crippen molar-refractivity contribution < 1.29 is 19.5 Å². The second kappa shape index (κ2) is 6.23. The molecule has 1 saturated carbocycles. The van der Waals surface area contributed by atoms with Crippen LogP contribution in [-0.2, 0) is 9.59 Å². The normalized spacial score (nSPS) is 17.6. The Bertz CT molecular complexity index is 341. The van der Waals surface area contributed by atoms with Crippen LogP contribution in [0.25, 0.3) is 0 Å². The summed E-state index contributed by atoms with van der Waals surface area (Å²) >= 11 is 0. The van der Waals surface area contributed by atoms with Crippen LogP contribution in [0.4, 0.5) is 4.79 Å². The van der Waals surface area contributed by atoms with Gasteiger partial charge in [0.05, 0.1) is 0 Å². The van der Waals surface area contributed by atoms with Crippen LogP contribution >= 0.6 is 0 Å². The SMILES string of the molecule is CC(NC(=O)NC(CCC(N)=O)C(=O)O)C1CC1. The maximum Gasteiger partial charge on any atom is 0.326 e. The molecule has 2 unspecified atom stereocenters. The Morgan fingerprint density at radius 1 is 1.33 bits per heavy atom. The minimum absolute atomic E-state index is 0.00407. The minimum Gasteiger partial charge on any atom is -0.480 e. The van der Waals surface area contributed by atoms with Crippen LogP contribution in [0.2, 0.25) is 0 Å². The highest BCUT2D eigenvalue weighted by atomic mass is 16.4. The Balaban J connectivity index is 2.36. The smallest absolute Gasteiger partial charge is 0.326 e. The summed E-state index contributed by atoms with van der Waals surface area (Å²) < 4.78 is 0. The topological polar surface area (TPSA) is 122 Å². The van der Waals surface area contributed by atoms with E-state index in [0.29, 0.717) is 5.92 Å². The van der Waals surface area contributed by atoms with Crippen molar-refractivity contribution >= 4 is 17.9 Å². The molecule has 0 aromatic heterocycles. The lowest BCUT2D eigenvalue weighted by Gasteiger charge is -2.17. The van der Waals surface area contributed by atoms with Crippen LogP contribution in [0.15, 0.2) is 0 Å². The molecule has 0 radical (unpaired) electrons. The summed E-state index contributed by atoms with van der Waals surface area (Å²) in [6.07, 6.45) is 2.10. The van der Waals surface area contributed by atoms with Crippen molar-refractivity contribution in [3.8, 4) is 0 Å². The number of urea groups is 1. The fraction of sp³-hybridized carbons (Fsp3) is 0.727.